The first kappa shape index (κ1) is 17.0. The Labute approximate surface area is 162 Å². The number of anilines is 3. The maximum Gasteiger partial charge on any atom is 0.247 e. The number of H-pyrrole nitrogens is 1. The summed E-state index contributed by atoms with van der Waals surface area (Å²) in [5.74, 6) is 1.46. The van der Waals surface area contributed by atoms with Gasteiger partial charge in [-0.3, -0.25) is 5.10 Å². The number of nitrogens with zero attached hydrogens (tertiary/aromatic N) is 4. The van der Waals surface area contributed by atoms with E-state index in [0.29, 0.717) is 12.0 Å². The van der Waals surface area contributed by atoms with Crippen molar-refractivity contribution in [3.05, 3.63) is 42.1 Å². The van der Waals surface area contributed by atoms with Crippen molar-refractivity contribution in [1.29, 1.82) is 0 Å². The Morgan fingerprint density at radius 3 is 2.89 bits per heavy atom. The van der Waals surface area contributed by atoms with Crippen LogP contribution in [0, 0.1) is 6.92 Å². The van der Waals surface area contributed by atoms with Gasteiger partial charge >= 0.3 is 0 Å². The zero-order valence-electron chi connectivity index (χ0n) is 15.7. The molecule has 0 saturated heterocycles. The second-order valence-electron chi connectivity index (χ2n) is 7.52. The highest BCUT2D eigenvalue weighted by molar-refractivity contribution is 5.85. The molecule has 8 nitrogen and oxygen atoms in total. The maximum absolute atomic E-state index is 9.71. The van der Waals surface area contributed by atoms with Gasteiger partial charge in [0.1, 0.15) is 5.82 Å². The largest absolute Gasteiger partial charge is 0.393 e. The maximum atomic E-state index is 9.71. The molecule has 5 rings (SSSR count). The third-order valence-corrected chi connectivity index (χ3v) is 5.43. The molecule has 3 aromatic heterocycles. The van der Waals surface area contributed by atoms with E-state index >= 15 is 0 Å². The first-order chi connectivity index (χ1) is 13.7. The zero-order chi connectivity index (χ0) is 19.1. The molecule has 0 amide bonds. The van der Waals surface area contributed by atoms with Crippen LogP contribution < -0.4 is 10.6 Å². The van der Waals surface area contributed by atoms with Gasteiger partial charge in [0.15, 0.2) is 5.65 Å². The molecule has 0 spiro atoms. The lowest BCUT2D eigenvalue weighted by molar-refractivity contribution is 0.126. The number of hydrogen-bond acceptors (Lipinski definition) is 6. The Hall–Kier alpha value is -3.13. The molecule has 4 N–H and O–H groups in total. The Bertz CT molecular complexity index is 1120. The molecule has 0 aliphatic heterocycles. The van der Waals surface area contributed by atoms with Crippen molar-refractivity contribution in [3.63, 3.8) is 0 Å². The number of aromatic nitrogens is 5. The van der Waals surface area contributed by atoms with Gasteiger partial charge in [-0.2, -0.15) is 14.6 Å². The first-order valence-corrected chi connectivity index (χ1v) is 9.67. The number of aromatic amines is 1. The van der Waals surface area contributed by atoms with Crippen LogP contribution >= 0.6 is 0 Å². The van der Waals surface area contributed by atoms with E-state index in [1.54, 1.807) is 0 Å². The SMILES string of the molecule is Cc1cc(Nc2nc3cccc(NC4CCC(O)CC4)n3n2)cc2[nH]ncc12. The normalized spacial score (nSPS) is 19.9. The smallest absolute Gasteiger partial charge is 0.247 e. The average molecular weight is 377 g/mol. The van der Waals surface area contributed by atoms with Crippen LogP contribution in [0.1, 0.15) is 31.2 Å². The minimum Gasteiger partial charge on any atom is -0.393 e. The van der Waals surface area contributed by atoms with Crippen LogP contribution in [-0.4, -0.2) is 42.0 Å². The lowest BCUT2D eigenvalue weighted by atomic mass is 9.93. The molecule has 0 atom stereocenters. The molecular formula is C20H23N7O. The summed E-state index contributed by atoms with van der Waals surface area (Å²) in [6, 6.07) is 10.4. The molecular weight excluding hydrogens is 354 g/mol. The molecule has 8 heteroatoms. The fourth-order valence-electron chi connectivity index (χ4n) is 3.93. The van der Waals surface area contributed by atoms with Crippen molar-refractivity contribution >= 4 is 34.0 Å². The molecule has 28 heavy (non-hydrogen) atoms. The summed E-state index contributed by atoms with van der Waals surface area (Å²) in [4.78, 5) is 4.61. The number of nitrogens with one attached hydrogen (secondary N) is 3. The molecule has 0 bridgehead atoms. The molecule has 3 heterocycles. The lowest BCUT2D eigenvalue weighted by Crippen LogP contribution is -2.29. The minimum atomic E-state index is -0.160. The highest BCUT2D eigenvalue weighted by Crippen LogP contribution is 2.25. The van der Waals surface area contributed by atoms with Gasteiger partial charge in [-0.05, 0) is 62.4 Å². The number of benzene rings is 1. The third-order valence-electron chi connectivity index (χ3n) is 5.43. The van der Waals surface area contributed by atoms with Crippen molar-refractivity contribution in [2.45, 2.75) is 44.8 Å². The summed E-state index contributed by atoms with van der Waals surface area (Å²) >= 11 is 0. The first-order valence-electron chi connectivity index (χ1n) is 9.67. The topological polar surface area (TPSA) is 103 Å². The fraction of sp³-hybridized carbons (Fsp3) is 0.350. The van der Waals surface area contributed by atoms with Crippen LogP contribution in [0.3, 0.4) is 0 Å². The average Bonchev–Trinajstić information content (AvgIpc) is 3.31. The van der Waals surface area contributed by atoms with E-state index in [2.05, 4.69) is 43.9 Å². The van der Waals surface area contributed by atoms with Crippen LogP contribution in [0.15, 0.2) is 36.5 Å². The Balaban J connectivity index is 1.41. The van der Waals surface area contributed by atoms with Crippen molar-refractivity contribution < 1.29 is 5.11 Å². The number of fused-ring (bicyclic) bond motifs is 2. The fourth-order valence-corrected chi connectivity index (χ4v) is 3.93. The number of aryl methyl sites for hydroxylation is 1. The second kappa shape index (κ2) is 6.79. The van der Waals surface area contributed by atoms with E-state index in [1.165, 1.54) is 0 Å². The van der Waals surface area contributed by atoms with Crippen LogP contribution in [0.25, 0.3) is 16.6 Å². The van der Waals surface area contributed by atoms with E-state index in [-0.39, 0.29) is 6.10 Å². The van der Waals surface area contributed by atoms with Gasteiger partial charge < -0.3 is 15.7 Å². The van der Waals surface area contributed by atoms with Gasteiger partial charge in [0.2, 0.25) is 5.95 Å². The number of aliphatic hydroxyl groups is 1. The Kier molecular flexibility index (Phi) is 4.12. The summed E-state index contributed by atoms with van der Waals surface area (Å²) in [5, 5.41) is 29.4. The Morgan fingerprint density at radius 1 is 1.18 bits per heavy atom. The molecule has 144 valence electrons. The molecule has 0 unspecified atom stereocenters. The van der Waals surface area contributed by atoms with Crippen LogP contribution in [0.2, 0.25) is 0 Å². The van der Waals surface area contributed by atoms with Crippen LogP contribution in [-0.2, 0) is 0 Å². The second-order valence-corrected chi connectivity index (χ2v) is 7.52. The Morgan fingerprint density at radius 2 is 2.04 bits per heavy atom. The van der Waals surface area contributed by atoms with E-state index in [4.69, 9.17) is 0 Å². The van der Waals surface area contributed by atoms with Gasteiger partial charge in [-0.1, -0.05) is 6.07 Å². The summed E-state index contributed by atoms with van der Waals surface area (Å²) in [6.45, 7) is 2.06. The molecule has 0 radical (unpaired) electrons. The van der Waals surface area contributed by atoms with Crippen molar-refractivity contribution in [2.24, 2.45) is 0 Å². The van der Waals surface area contributed by atoms with Gasteiger partial charge in [0, 0.05) is 17.1 Å². The summed E-state index contributed by atoms with van der Waals surface area (Å²) in [7, 11) is 0. The van der Waals surface area contributed by atoms with E-state index in [1.807, 2.05) is 35.0 Å². The molecule has 1 aromatic carbocycles. The third kappa shape index (κ3) is 3.16. The highest BCUT2D eigenvalue weighted by Gasteiger charge is 2.20. The lowest BCUT2D eigenvalue weighted by Gasteiger charge is -2.26. The van der Waals surface area contributed by atoms with Gasteiger partial charge in [0.25, 0.3) is 0 Å². The summed E-state index contributed by atoms with van der Waals surface area (Å²) in [6.07, 6.45) is 5.27. The monoisotopic (exact) mass is 377 g/mol. The predicted molar refractivity (Wildman–Crippen MR) is 109 cm³/mol. The zero-order valence-corrected chi connectivity index (χ0v) is 15.7. The standard InChI is InChI=1S/C20H23N7O/c1-12-9-14(10-17-16(12)11-21-25-17)23-20-24-19-4-2-3-18(27(19)26-20)22-13-5-7-15(28)8-6-13/h2-4,9-11,13,15,22,28H,5-8H2,1H3,(H,21,25)(H,23,26). The van der Waals surface area contributed by atoms with Gasteiger partial charge in [0.05, 0.1) is 17.8 Å². The van der Waals surface area contributed by atoms with Crippen molar-refractivity contribution in [2.75, 3.05) is 10.6 Å². The summed E-state index contributed by atoms with van der Waals surface area (Å²) in [5.41, 5.74) is 3.82. The number of aliphatic hydroxyl groups excluding tert-OH is 1. The predicted octanol–water partition coefficient (Wildman–Crippen LogP) is 3.37. The van der Waals surface area contributed by atoms with E-state index in [0.717, 1.165) is 59.3 Å². The van der Waals surface area contributed by atoms with Crippen LogP contribution in [0.4, 0.5) is 17.5 Å². The molecule has 1 saturated carbocycles. The van der Waals surface area contributed by atoms with Crippen molar-refractivity contribution in [1.82, 2.24) is 24.8 Å². The molecule has 1 aliphatic carbocycles. The molecule has 1 fully saturated rings. The van der Waals surface area contributed by atoms with Gasteiger partial charge in [-0.25, -0.2) is 0 Å². The van der Waals surface area contributed by atoms with Gasteiger partial charge in [-0.15, -0.1) is 5.10 Å². The quantitative estimate of drug-likeness (QED) is 0.435. The molecule has 4 aromatic rings. The van der Waals surface area contributed by atoms with E-state index in [9.17, 15) is 5.11 Å². The van der Waals surface area contributed by atoms with E-state index < -0.39 is 0 Å². The minimum absolute atomic E-state index is 0.160. The molecule has 1 aliphatic rings. The summed E-state index contributed by atoms with van der Waals surface area (Å²) < 4.78 is 1.83. The number of rotatable bonds is 4. The number of hydrogen-bond donors (Lipinski definition) is 4. The van der Waals surface area contributed by atoms with Crippen LogP contribution in [0.5, 0.6) is 0 Å². The highest BCUT2D eigenvalue weighted by atomic mass is 16.3. The van der Waals surface area contributed by atoms with Crippen molar-refractivity contribution in [3.8, 4) is 0 Å². The number of pyridine rings is 1.